The number of anilines is 3. The maximum atomic E-state index is 13.7. The average molecular weight is 484 g/mol. The quantitative estimate of drug-likeness (QED) is 0.412. The van der Waals surface area contributed by atoms with Crippen LogP contribution in [-0.4, -0.2) is 34.8 Å². The molecule has 2 aromatic heterocycles. The molecular formula is C24H26ClN5O4. The Morgan fingerprint density at radius 2 is 1.88 bits per heavy atom. The van der Waals surface area contributed by atoms with E-state index in [9.17, 15) is 14.4 Å². The van der Waals surface area contributed by atoms with Gasteiger partial charge in [0.25, 0.3) is 5.91 Å². The number of hydrogen-bond donors (Lipinski definition) is 2. The minimum absolute atomic E-state index is 0.130. The number of furan rings is 1. The minimum Gasteiger partial charge on any atom is -0.449 e. The summed E-state index contributed by atoms with van der Waals surface area (Å²) in [5.41, 5.74) is 6.98. The minimum atomic E-state index is -0.627. The van der Waals surface area contributed by atoms with Gasteiger partial charge in [-0.05, 0) is 43.2 Å². The van der Waals surface area contributed by atoms with Crippen molar-refractivity contribution >= 4 is 57.5 Å². The standard InChI is InChI=1S/C24H26ClN5O4/c1-14(31)29(2)30(24(33)15-6-4-3-5-7-15)21-18-12-17(26)9-10-19(18)34-22(21)23(32)28-20-11-8-16(25)13-27-20/h8-13,15H,3-7,26H2,1-2H3,(H,27,28,32). The first kappa shape index (κ1) is 23.6. The van der Waals surface area contributed by atoms with E-state index in [1.54, 1.807) is 30.3 Å². The number of rotatable bonds is 4. The number of carbonyl (C=O) groups is 3. The summed E-state index contributed by atoms with van der Waals surface area (Å²) in [5, 5.41) is 6.01. The fraction of sp³-hybridized carbons (Fsp3) is 0.333. The number of nitrogens with one attached hydrogen (secondary N) is 1. The molecule has 1 fully saturated rings. The highest BCUT2D eigenvalue weighted by molar-refractivity contribution is 6.30. The maximum Gasteiger partial charge on any atom is 0.294 e. The maximum absolute atomic E-state index is 13.7. The van der Waals surface area contributed by atoms with Gasteiger partial charge in [0, 0.05) is 37.2 Å². The molecule has 10 heteroatoms. The van der Waals surface area contributed by atoms with Crippen molar-refractivity contribution in [2.75, 3.05) is 23.1 Å². The molecule has 0 atom stereocenters. The number of aromatic nitrogens is 1. The number of carbonyl (C=O) groups excluding carboxylic acids is 3. The van der Waals surface area contributed by atoms with Gasteiger partial charge >= 0.3 is 0 Å². The molecule has 1 aliphatic carbocycles. The SMILES string of the molecule is CC(=O)N(C)N(C(=O)C1CCCCC1)c1c(C(=O)Nc2ccc(Cl)cn2)oc2ccc(N)cc12. The van der Waals surface area contributed by atoms with Gasteiger partial charge < -0.3 is 15.5 Å². The summed E-state index contributed by atoms with van der Waals surface area (Å²) in [6.07, 6.45) is 5.77. The molecule has 3 aromatic rings. The van der Waals surface area contributed by atoms with Gasteiger partial charge in [0.1, 0.15) is 17.1 Å². The number of nitrogen functional groups attached to an aromatic ring is 1. The topological polar surface area (TPSA) is 122 Å². The third-order valence-electron chi connectivity index (χ3n) is 5.99. The number of fused-ring (bicyclic) bond motifs is 1. The molecule has 178 valence electrons. The van der Waals surface area contributed by atoms with E-state index in [1.165, 1.54) is 30.2 Å². The Hall–Kier alpha value is -3.59. The zero-order valence-electron chi connectivity index (χ0n) is 19.0. The Morgan fingerprint density at radius 3 is 2.53 bits per heavy atom. The van der Waals surface area contributed by atoms with Crippen molar-refractivity contribution in [1.82, 2.24) is 9.99 Å². The molecule has 3 amide bonds. The van der Waals surface area contributed by atoms with E-state index in [1.807, 2.05) is 0 Å². The third-order valence-corrected chi connectivity index (χ3v) is 6.22. The number of pyridine rings is 1. The zero-order chi connectivity index (χ0) is 24.4. The Balaban J connectivity index is 1.84. The van der Waals surface area contributed by atoms with Crippen molar-refractivity contribution in [2.24, 2.45) is 5.92 Å². The molecule has 0 saturated heterocycles. The zero-order valence-corrected chi connectivity index (χ0v) is 19.8. The predicted molar refractivity (Wildman–Crippen MR) is 130 cm³/mol. The van der Waals surface area contributed by atoms with Gasteiger partial charge in [0.05, 0.1) is 5.02 Å². The fourth-order valence-corrected chi connectivity index (χ4v) is 4.27. The molecule has 1 saturated carbocycles. The van der Waals surface area contributed by atoms with Crippen LogP contribution in [0, 0.1) is 5.92 Å². The highest BCUT2D eigenvalue weighted by atomic mass is 35.5. The largest absolute Gasteiger partial charge is 0.449 e. The van der Waals surface area contributed by atoms with Crippen molar-refractivity contribution in [1.29, 1.82) is 0 Å². The Morgan fingerprint density at radius 1 is 1.15 bits per heavy atom. The Labute approximate surface area is 201 Å². The molecule has 1 aromatic carbocycles. The van der Waals surface area contributed by atoms with Crippen LogP contribution >= 0.6 is 11.6 Å². The van der Waals surface area contributed by atoms with Crippen LogP contribution in [-0.2, 0) is 9.59 Å². The first-order valence-corrected chi connectivity index (χ1v) is 11.5. The number of nitrogens with zero attached hydrogens (tertiary/aromatic N) is 3. The summed E-state index contributed by atoms with van der Waals surface area (Å²) >= 11 is 5.89. The van der Waals surface area contributed by atoms with Crippen LogP contribution in [0.15, 0.2) is 40.9 Å². The molecule has 0 aliphatic heterocycles. The van der Waals surface area contributed by atoms with Crippen molar-refractivity contribution < 1.29 is 18.8 Å². The molecule has 0 bridgehead atoms. The van der Waals surface area contributed by atoms with Crippen molar-refractivity contribution in [3.8, 4) is 0 Å². The number of hydrogen-bond acceptors (Lipinski definition) is 6. The lowest BCUT2D eigenvalue weighted by Crippen LogP contribution is -2.50. The Bertz CT molecular complexity index is 1230. The number of nitrogens with two attached hydrogens (primary N) is 1. The van der Waals surface area contributed by atoms with Crippen molar-refractivity contribution in [3.05, 3.63) is 47.3 Å². The highest BCUT2D eigenvalue weighted by Crippen LogP contribution is 2.38. The highest BCUT2D eigenvalue weighted by Gasteiger charge is 2.36. The summed E-state index contributed by atoms with van der Waals surface area (Å²) in [4.78, 5) is 43.6. The summed E-state index contributed by atoms with van der Waals surface area (Å²) < 4.78 is 5.91. The van der Waals surface area contributed by atoms with Gasteiger partial charge in [-0.2, -0.15) is 0 Å². The second-order valence-corrected chi connectivity index (χ2v) is 8.82. The molecule has 34 heavy (non-hydrogen) atoms. The van der Waals surface area contributed by atoms with Crippen LogP contribution < -0.4 is 16.1 Å². The third kappa shape index (κ3) is 4.70. The molecular weight excluding hydrogens is 458 g/mol. The van der Waals surface area contributed by atoms with E-state index in [4.69, 9.17) is 21.8 Å². The van der Waals surface area contributed by atoms with Gasteiger partial charge in [-0.1, -0.05) is 30.9 Å². The number of halogens is 1. The lowest BCUT2D eigenvalue weighted by Gasteiger charge is -2.34. The van der Waals surface area contributed by atoms with E-state index in [0.717, 1.165) is 32.1 Å². The molecule has 4 rings (SSSR count). The Kier molecular flexibility index (Phi) is 6.74. The number of hydrazine groups is 1. The van der Waals surface area contributed by atoms with Crippen LogP contribution in [0.4, 0.5) is 17.2 Å². The second-order valence-electron chi connectivity index (χ2n) is 8.38. The van der Waals surface area contributed by atoms with E-state index in [2.05, 4.69) is 10.3 Å². The number of amides is 3. The smallest absolute Gasteiger partial charge is 0.294 e. The van der Waals surface area contributed by atoms with E-state index in [-0.39, 0.29) is 35.0 Å². The summed E-state index contributed by atoms with van der Waals surface area (Å²) in [5.74, 6) is -1.40. The van der Waals surface area contributed by atoms with Crippen LogP contribution in [0.25, 0.3) is 11.0 Å². The lowest BCUT2D eigenvalue weighted by atomic mass is 9.88. The molecule has 3 N–H and O–H groups in total. The fourth-order valence-electron chi connectivity index (χ4n) is 4.16. The van der Waals surface area contributed by atoms with Crippen LogP contribution in [0.3, 0.4) is 0 Å². The van der Waals surface area contributed by atoms with E-state index in [0.29, 0.717) is 21.7 Å². The van der Waals surface area contributed by atoms with Crippen LogP contribution in [0.5, 0.6) is 0 Å². The molecule has 1 aliphatic rings. The normalized spacial score (nSPS) is 14.1. The first-order chi connectivity index (χ1) is 16.3. The summed E-state index contributed by atoms with van der Waals surface area (Å²) in [7, 11) is 1.50. The monoisotopic (exact) mass is 483 g/mol. The number of benzene rings is 1. The van der Waals surface area contributed by atoms with Gasteiger partial charge in [-0.25, -0.2) is 9.99 Å². The van der Waals surface area contributed by atoms with Gasteiger partial charge in [0.15, 0.2) is 0 Å². The van der Waals surface area contributed by atoms with Gasteiger partial charge in [0.2, 0.25) is 17.6 Å². The van der Waals surface area contributed by atoms with Gasteiger partial charge in [-0.15, -0.1) is 0 Å². The molecule has 0 unspecified atom stereocenters. The van der Waals surface area contributed by atoms with E-state index < -0.39 is 5.91 Å². The van der Waals surface area contributed by atoms with Crippen LogP contribution in [0.1, 0.15) is 49.6 Å². The van der Waals surface area contributed by atoms with Crippen molar-refractivity contribution in [2.45, 2.75) is 39.0 Å². The molecule has 9 nitrogen and oxygen atoms in total. The summed E-state index contributed by atoms with van der Waals surface area (Å²) in [6, 6.07) is 8.03. The first-order valence-electron chi connectivity index (χ1n) is 11.1. The van der Waals surface area contributed by atoms with Crippen molar-refractivity contribution in [3.63, 3.8) is 0 Å². The van der Waals surface area contributed by atoms with E-state index >= 15 is 0 Å². The summed E-state index contributed by atoms with van der Waals surface area (Å²) in [6.45, 7) is 1.36. The molecule has 0 radical (unpaired) electrons. The lowest BCUT2D eigenvalue weighted by molar-refractivity contribution is -0.135. The molecule has 2 heterocycles. The van der Waals surface area contributed by atoms with Crippen LogP contribution in [0.2, 0.25) is 5.02 Å². The average Bonchev–Trinajstić information content (AvgIpc) is 3.19. The predicted octanol–water partition coefficient (Wildman–Crippen LogP) is 4.62. The second kappa shape index (κ2) is 9.72. The van der Waals surface area contributed by atoms with Gasteiger partial charge in [-0.3, -0.25) is 19.4 Å². The molecule has 0 spiro atoms.